The van der Waals surface area contributed by atoms with Crippen molar-refractivity contribution < 1.29 is 9.47 Å². The maximum Gasteiger partial charge on any atom is 0.162 e. The Labute approximate surface area is 118 Å². The zero-order valence-corrected chi connectivity index (χ0v) is 11.8. The first-order valence-corrected chi connectivity index (χ1v) is 6.84. The van der Waals surface area contributed by atoms with Crippen LogP contribution in [0.25, 0.3) is 11.3 Å². The average Bonchev–Trinajstić information content (AvgIpc) is 2.97. The Hall–Kier alpha value is -2.01. The van der Waals surface area contributed by atoms with Gasteiger partial charge in [-0.25, -0.2) is 4.98 Å². The smallest absolute Gasteiger partial charge is 0.162 e. The second-order valence-electron chi connectivity index (χ2n) is 5.27. The van der Waals surface area contributed by atoms with Gasteiger partial charge in [-0.15, -0.1) is 0 Å². The van der Waals surface area contributed by atoms with E-state index in [9.17, 15) is 0 Å². The zero-order chi connectivity index (χ0) is 14.2. The van der Waals surface area contributed by atoms with Crippen LogP contribution in [-0.2, 0) is 5.54 Å². The number of nitrogens with zero attached hydrogens (tertiary/aromatic N) is 1. The number of nitrogens with two attached hydrogens (primary N) is 1. The van der Waals surface area contributed by atoms with E-state index in [0.717, 1.165) is 35.0 Å². The van der Waals surface area contributed by atoms with Gasteiger partial charge in [0.15, 0.2) is 11.5 Å². The molecule has 106 valence electrons. The molecule has 0 spiro atoms. The van der Waals surface area contributed by atoms with Gasteiger partial charge in [-0.05, 0) is 31.5 Å². The first kappa shape index (κ1) is 13.0. The van der Waals surface area contributed by atoms with Gasteiger partial charge in [-0.3, -0.25) is 0 Å². The first-order valence-electron chi connectivity index (χ1n) is 6.84. The normalized spacial score (nSPS) is 16.8. The van der Waals surface area contributed by atoms with Crippen LogP contribution in [-0.4, -0.2) is 23.2 Å². The highest BCUT2D eigenvalue weighted by molar-refractivity contribution is 5.64. The fourth-order valence-electron chi connectivity index (χ4n) is 2.14. The molecule has 2 aromatic rings. The molecule has 1 aromatic carbocycles. The van der Waals surface area contributed by atoms with Gasteiger partial charge in [-0.1, -0.05) is 6.92 Å². The Morgan fingerprint density at radius 2 is 2.05 bits per heavy atom. The van der Waals surface area contributed by atoms with Crippen molar-refractivity contribution in [2.24, 2.45) is 5.73 Å². The number of hydrogen-bond acceptors (Lipinski definition) is 4. The lowest BCUT2D eigenvalue weighted by Crippen LogP contribution is -2.33. The van der Waals surface area contributed by atoms with Crippen molar-refractivity contribution in [3.8, 4) is 22.8 Å². The third-order valence-corrected chi connectivity index (χ3v) is 3.70. The molecular formula is C15H19N3O2. The molecule has 0 radical (unpaired) electrons. The maximum atomic E-state index is 6.20. The summed E-state index contributed by atoms with van der Waals surface area (Å²) < 4.78 is 11.1. The summed E-state index contributed by atoms with van der Waals surface area (Å²) in [5.41, 5.74) is 7.71. The predicted molar refractivity (Wildman–Crippen MR) is 76.8 cm³/mol. The van der Waals surface area contributed by atoms with Gasteiger partial charge in [0.2, 0.25) is 0 Å². The predicted octanol–water partition coefficient (Wildman–Crippen LogP) is 2.43. The Morgan fingerprint density at radius 1 is 1.30 bits per heavy atom. The van der Waals surface area contributed by atoms with Crippen LogP contribution in [0.2, 0.25) is 0 Å². The molecule has 1 unspecified atom stereocenters. The van der Waals surface area contributed by atoms with Gasteiger partial charge >= 0.3 is 0 Å². The largest absolute Gasteiger partial charge is 0.486 e. The van der Waals surface area contributed by atoms with Gasteiger partial charge in [0, 0.05) is 5.56 Å². The molecule has 0 saturated heterocycles. The zero-order valence-electron chi connectivity index (χ0n) is 11.8. The van der Waals surface area contributed by atoms with Crippen LogP contribution in [0, 0.1) is 0 Å². The lowest BCUT2D eigenvalue weighted by atomic mass is 10.00. The van der Waals surface area contributed by atoms with E-state index in [1.165, 1.54) is 0 Å². The fourth-order valence-corrected chi connectivity index (χ4v) is 2.14. The van der Waals surface area contributed by atoms with E-state index in [2.05, 4.69) is 9.97 Å². The molecule has 0 fully saturated rings. The molecule has 3 rings (SSSR count). The number of hydrogen-bond donors (Lipinski definition) is 2. The molecule has 0 amide bonds. The molecular weight excluding hydrogens is 254 g/mol. The summed E-state index contributed by atoms with van der Waals surface area (Å²) in [6.45, 7) is 5.20. The molecule has 0 aliphatic carbocycles. The van der Waals surface area contributed by atoms with Crippen molar-refractivity contribution in [1.29, 1.82) is 0 Å². The summed E-state index contributed by atoms with van der Waals surface area (Å²) in [6.07, 6.45) is 2.63. The van der Waals surface area contributed by atoms with E-state index in [1.807, 2.05) is 38.2 Å². The van der Waals surface area contributed by atoms with Gasteiger partial charge in [0.1, 0.15) is 19.0 Å². The summed E-state index contributed by atoms with van der Waals surface area (Å²) in [4.78, 5) is 7.69. The van der Waals surface area contributed by atoms with Crippen molar-refractivity contribution in [3.05, 3.63) is 30.2 Å². The quantitative estimate of drug-likeness (QED) is 0.900. The monoisotopic (exact) mass is 273 g/mol. The molecule has 1 aliphatic heterocycles. The Balaban J connectivity index is 1.94. The molecule has 1 atom stereocenters. The highest BCUT2D eigenvalue weighted by Crippen LogP contribution is 2.34. The third kappa shape index (κ3) is 2.25. The van der Waals surface area contributed by atoms with Crippen molar-refractivity contribution in [1.82, 2.24) is 9.97 Å². The van der Waals surface area contributed by atoms with Crippen LogP contribution < -0.4 is 15.2 Å². The Bertz CT molecular complexity index is 619. The van der Waals surface area contributed by atoms with E-state index in [0.29, 0.717) is 13.2 Å². The van der Waals surface area contributed by atoms with Crippen LogP contribution in [0.3, 0.4) is 0 Å². The number of rotatable bonds is 3. The highest BCUT2D eigenvalue weighted by atomic mass is 16.6. The fraction of sp³-hybridized carbons (Fsp3) is 0.400. The van der Waals surface area contributed by atoms with Crippen LogP contribution >= 0.6 is 0 Å². The molecule has 0 saturated carbocycles. The summed E-state index contributed by atoms with van der Waals surface area (Å²) >= 11 is 0. The van der Waals surface area contributed by atoms with Crippen molar-refractivity contribution in [2.75, 3.05) is 13.2 Å². The van der Waals surface area contributed by atoms with Crippen molar-refractivity contribution in [3.63, 3.8) is 0 Å². The lowest BCUT2D eigenvalue weighted by Gasteiger charge is -2.20. The molecule has 0 bridgehead atoms. The molecule has 5 nitrogen and oxygen atoms in total. The molecule has 3 N–H and O–H groups in total. The highest BCUT2D eigenvalue weighted by Gasteiger charge is 2.22. The number of imidazole rings is 1. The number of aromatic nitrogens is 2. The maximum absolute atomic E-state index is 6.20. The Morgan fingerprint density at radius 3 is 2.80 bits per heavy atom. The summed E-state index contributed by atoms with van der Waals surface area (Å²) in [6, 6.07) is 5.88. The van der Waals surface area contributed by atoms with Gasteiger partial charge < -0.3 is 20.2 Å². The van der Waals surface area contributed by atoms with E-state index in [-0.39, 0.29) is 0 Å². The minimum Gasteiger partial charge on any atom is -0.486 e. The van der Waals surface area contributed by atoms with Gasteiger partial charge in [0.25, 0.3) is 0 Å². The third-order valence-electron chi connectivity index (χ3n) is 3.70. The second kappa shape index (κ2) is 4.83. The van der Waals surface area contributed by atoms with Crippen molar-refractivity contribution in [2.45, 2.75) is 25.8 Å². The second-order valence-corrected chi connectivity index (χ2v) is 5.27. The minimum absolute atomic E-state index is 0.438. The van der Waals surface area contributed by atoms with Crippen molar-refractivity contribution >= 4 is 0 Å². The lowest BCUT2D eigenvalue weighted by molar-refractivity contribution is 0.171. The van der Waals surface area contributed by atoms with E-state index >= 15 is 0 Å². The Kier molecular flexibility index (Phi) is 3.14. The van der Waals surface area contributed by atoms with Gasteiger partial charge in [-0.2, -0.15) is 0 Å². The van der Waals surface area contributed by atoms with Crippen LogP contribution in [0.4, 0.5) is 0 Å². The van der Waals surface area contributed by atoms with Crippen LogP contribution in [0.1, 0.15) is 26.1 Å². The topological polar surface area (TPSA) is 73.2 Å². The molecule has 2 heterocycles. The number of H-pyrrole nitrogens is 1. The number of nitrogens with one attached hydrogen (secondary N) is 1. The van der Waals surface area contributed by atoms with E-state index in [4.69, 9.17) is 15.2 Å². The van der Waals surface area contributed by atoms with Gasteiger partial charge in [0.05, 0.1) is 17.4 Å². The summed E-state index contributed by atoms with van der Waals surface area (Å²) in [5.74, 6) is 2.36. The van der Waals surface area contributed by atoms with Crippen LogP contribution in [0.5, 0.6) is 11.5 Å². The average molecular weight is 273 g/mol. The van der Waals surface area contributed by atoms with Crippen LogP contribution in [0.15, 0.2) is 24.4 Å². The number of aromatic amines is 1. The minimum atomic E-state index is -0.438. The summed E-state index contributed by atoms with van der Waals surface area (Å²) in [5, 5.41) is 0. The number of fused-ring (bicyclic) bond motifs is 1. The number of ether oxygens (including phenoxy) is 2. The van der Waals surface area contributed by atoms with E-state index in [1.54, 1.807) is 0 Å². The SMILES string of the molecule is CCC(C)(N)c1ncc(-c2ccc3c(c2)OCCO3)[nH]1. The standard InChI is InChI=1S/C15H19N3O2/c1-3-15(2,16)14-17-9-11(18-14)10-4-5-12-13(8-10)20-7-6-19-12/h4-5,8-9H,3,6-7,16H2,1-2H3,(H,17,18). The molecule has 1 aromatic heterocycles. The molecule has 5 heteroatoms. The van der Waals surface area contributed by atoms with E-state index < -0.39 is 5.54 Å². The summed E-state index contributed by atoms with van der Waals surface area (Å²) in [7, 11) is 0. The first-order chi connectivity index (χ1) is 9.60. The molecule has 20 heavy (non-hydrogen) atoms. The molecule has 1 aliphatic rings. The number of benzene rings is 1.